The van der Waals surface area contributed by atoms with Crippen molar-refractivity contribution in [3.05, 3.63) is 28.1 Å². The van der Waals surface area contributed by atoms with E-state index in [1.165, 1.54) is 22.6 Å². The van der Waals surface area contributed by atoms with Gasteiger partial charge in [0.2, 0.25) is 10.8 Å². The Labute approximate surface area is 136 Å². The van der Waals surface area contributed by atoms with Crippen LogP contribution in [0.2, 0.25) is 0 Å². The van der Waals surface area contributed by atoms with Crippen LogP contribution in [0.25, 0.3) is 27.2 Å². The van der Waals surface area contributed by atoms with Crippen LogP contribution < -0.4 is 0 Å². The molecule has 0 saturated carbocycles. The Morgan fingerprint density at radius 3 is 3.09 bits per heavy atom. The number of furan rings is 1. The van der Waals surface area contributed by atoms with Crippen LogP contribution in [-0.4, -0.2) is 30.0 Å². The first-order chi connectivity index (χ1) is 10.8. The SMILES string of the molecule is Brc1ccc(-c2nn3c(-c4n[nH]c5c4CCC5)nnc3s2)o1. The van der Waals surface area contributed by atoms with Gasteiger partial charge in [-0.05, 0) is 47.3 Å². The van der Waals surface area contributed by atoms with Gasteiger partial charge in [0.25, 0.3) is 0 Å². The van der Waals surface area contributed by atoms with Gasteiger partial charge in [0.15, 0.2) is 15.4 Å². The molecule has 4 aromatic heterocycles. The first kappa shape index (κ1) is 12.5. The van der Waals surface area contributed by atoms with Gasteiger partial charge in [-0.25, -0.2) is 0 Å². The lowest BCUT2D eigenvalue weighted by molar-refractivity contribution is 0.554. The van der Waals surface area contributed by atoms with E-state index in [1.807, 2.05) is 12.1 Å². The number of nitrogens with one attached hydrogen (secondary N) is 1. The molecule has 0 radical (unpaired) electrons. The minimum absolute atomic E-state index is 0.679. The molecule has 0 atom stereocenters. The van der Waals surface area contributed by atoms with E-state index in [4.69, 9.17) is 4.42 Å². The normalized spacial score (nSPS) is 14.0. The molecule has 7 nitrogen and oxygen atoms in total. The van der Waals surface area contributed by atoms with Gasteiger partial charge in [-0.1, -0.05) is 11.3 Å². The van der Waals surface area contributed by atoms with Crippen molar-refractivity contribution in [2.75, 3.05) is 0 Å². The lowest BCUT2D eigenvalue weighted by atomic mass is 10.2. The van der Waals surface area contributed by atoms with Crippen LogP contribution in [0.3, 0.4) is 0 Å². The summed E-state index contributed by atoms with van der Waals surface area (Å²) in [5.41, 5.74) is 3.30. The monoisotopic (exact) mass is 376 g/mol. The quantitative estimate of drug-likeness (QED) is 0.580. The molecule has 4 aromatic rings. The number of hydrogen-bond acceptors (Lipinski definition) is 6. The molecule has 0 bridgehead atoms. The third-order valence-electron chi connectivity index (χ3n) is 3.79. The van der Waals surface area contributed by atoms with Gasteiger partial charge >= 0.3 is 0 Å². The zero-order chi connectivity index (χ0) is 14.7. The van der Waals surface area contributed by atoms with Crippen molar-refractivity contribution in [1.29, 1.82) is 0 Å². The first-order valence-electron chi connectivity index (χ1n) is 6.84. The van der Waals surface area contributed by atoms with Crippen LogP contribution in [0.1, 0.15) is 17.7 Å². The molecule has 0 amide bonds. The highest BCUT2D eigenvalue weighted by molar-refractivity contribution is 9.10. The summed E-state index contributed by atoms with van der Waals surface area (Å²) in [5.74, 6) is 1.39. The Morgan fingerprint density at radius 1 is 1.27 bits per heavy atom. The topological polar surface area (TPSA) is 84.9 Å². The van der Waals surface area contributed by atoms with E-state index in [2.05, 4.69) is 41.4 Å². The molecule has 1 aliphatic rings. The van der Waals surface area contributed by atoms with Gasteiger partial charge in [0.05, 0.1) is 0 Å². The molecule has 0 unspecified atom stereocenters. The maximum absolute atomic E-state index is 5.55. The van der Waals surface area contributed by atoms with Crippen molar-refractivity contribution >= 4 is 32.2 Å². The average molecular weight is 377 g/mol. The van der Waals surface area contributed by atoms with Crippen molar-refractivity contribution in [2.24, 2.45) is 0 Å². The van der Waals surface area contributed by atoms with Crippen molar-refractivity contribution in [3.8, 4) is 22.3 Å². The molecule has 1 aliphatic carbocycles. The summed E-state index contributed by atoms with van der Waals surface area (Å²) in [7, 11) is 0. The van der Waals surface area contributed by atoms with E-state index in [-0.39, 0.29) is 0 Å². The van der Waals surface area contributed by atoms with Crippen LogP contribution in [0.4, 0.5) is 0 Å². The van der Waals surface area contributed by atoms with E-state index in [9.17, 15) is 0 Å². The van der Waals surface area contributed by atoms with Gasteiger partial charge in [0, 0.05) is 11.3 Å². The lowest BCUT2D eigenvalue weighted by Crippen LogP contribution is -1.94. The highest BCUT2D eigenvalue weighted by Gasteiger charge is 2.24. The fourth-order valence-electron chi connectivity index (χ4n) is 2.80. The molecule has 1 N–H and O–H groups in total. The minimum atomic E-state index is 0.679. The largest absolute Gasteiger partial charge is 0.447 e. The minimum Gasteiger partial charge on any atom is -0.447 e. The zero-order valence-corrected chi connectivity index (χ0v) is 13.6. The van der Waals surface area contributed by atoms with Gasteiger partial charge < -0.3 is 4.42 Å². The van der Waals surface area contributed by atoms with Crippen LogP contribution in [0.15, 0.2) is 21.2 Å². The number of hydrogen-bond donors (Lipinski definition) is 1. The van der Waals surface area contributed by atoms with E-state index >= 15 is 0 Å². The summed E-state index contributed by atoms with van der Waals surface area (Å²) >= 11 is 4.75. The van der Waals surface area contributed by atoms with Crippen molar-refractivity contribution < 1.29 is 4.42 Å². The molecule has 5 rings (SSSR count). The lowest BCUT2D eigenvalue weighted by Gasteiger charge is -1.94. The maximum Gasteiger partial charge on any atom is 0.235 e. The van der Waals surface area contributed by atoms with Crippen molar-refractivity contribution in [1.82, 2.24) is 30.0 Å². The molecular formula is C13H9BrN6OS. The molecule has 0 aliphatic heterocycles. The standard InChI is InChI=1S/C13H9BrN6OS/c14-9-5-4-8(21-9)12-19-20-11(17-18-13(20)22-12)10-6-2-1-3-7(6)15-16-10/h4-5H,1-3H2,(H,15,16). The van der Waals surface area contributed by atoms with Crippen LogP contribution in [0, 0.1) is 0 Å². The van der Waals surface area contributed by atoms with Crippen LogP contribution in [-0.2, 0) is 12.8 Å². The molecular weight excluding hydrogens is 368 g/mol. The smallest absolute Gasteiger partial charge is 0.235 e. The van der Waals surface area contributed by atoms with E-state index in [1.54, 1.807) is 4.52 Å². The summed E-state index contributed by atoms with van der Waals surface area (Å²) < 4.78 is 7.98. The molecule has 0 aromatic carbocycles. The Morgan fingerprint density at radius 2 is 2.23 bits per heavy atom. The summed E-state index contributed by atoms with van der Waals surface area (Å²) in [6.07, 6.45) is 3.23. The van der Waals surface area contributed by atoms with Crippen LogP contribution in [0.5, 0.6) is 0 Å². The number of H-pyrrole nitrogens is 1. The second-order valence-electron chi connectivity index (χ2n) is 5.11. The fraction of sp³-hybridized carbons (Fsp3) is 0.231. The summed E-state index contributed by atoms with van der Waals surface area (Å²) in [6, 6.07) is 3.72. The zero-order valence-electron chi connectivity index (χ0n) is 11.2. The molecule has 0 spiro atoms. The second kappa shape index (κ2) is 4.50. The summed E-state index contributed by atoms with van der Waals surface area (Å²) in [5, 5.41) is 21.3. The molecule has 110 valence electrons. The number of aromatic amines is 1. The van der Waals surface area contributed by atoms with Gasteiger partial charge in [-0.3, -0.25) is 5.10 Å². The molecule has 0 fully saturated rings. The number of rotatable bonds is 2. The van der Waals surface area contributed by atoms with Crippen molar-refractivity contribution in [2.45, 2.75) is 19.3 Å². The number of halogens is 1. The van der Waals surface area contributed by atoms with E-state index in [0.717, 1.165) is 34.9 Å². The van der Waals surface area contributed by atoms with E-state index < -0.39 is 0 Å². The highest BCUT2D eigenvalue weighted by Crippen LogP contribution is 2.33. The number of aryl methyl sites for hydroxylation is 1. The fourth-order valence-corrected chi connectivity index (χ4v) is 3.91. The van der Waals surface area contributed by atoms with Gasteiger partial charge in [-0.2, -0.15) is 9.61 Å². The van der Waals surface area contributed by atoms with Crippen LogP contribution >= 0.6 is 27.3 Å². The van der Waals surface area contributed by atoms with Gasteiger partial charge in [0.1, 0.15) is 5.69 Å². The summed E-state index contributed by atoms with van der Waals surface area (Å²) in [4.78, 5) is 0.729. The average Bonchev–Trinajstić information content (AvgIpc) is 3.24. The Hall–Kier alpha value is -2.00. The predicted molar refractivity (Wildman–Crippen MR) is 83.7 cm³/mol. The van der Waals surface area contributed by atoms with E-state index in [0.29, 0.717) is 16.3 Å². The number of fused-ring (bicyclic) bond motifs is 2. The molecule has 0 saturated heterocycles. The van der Waals surface area contributed by atoms with Gasteiger partial charge in [-0.15, -0.1) is 15.3 Å². The predicted octanol–water partition coefficient (Wildman–Crippen LogP) is 3.09. The Kier molecular flexibility index (Phi) is 2.56. The first-order valence-corrected chi connectivity index (χ1v) is 8.45. The number of aromatic nitrogens is 6. The molecule has 22 heavy (non-hydrogen) atoms. The second-order valence-corrected chi connectivity index (χ2v) is 6.85. The van der Waals surface area contributed by atoms with Crippen molar-refractivity contribution in [3.63, 3.8) is 0 Å². The third kappa shape index (κ3) is 1.72. The summed E-state index contributed by atoms with van der Waals surface area (Å²) in [6.45, 7) is 0. The third-order valence-corrected chi connectivity index (χ3v) is 5.13. The Bertz CT molecular complexity index is 996. The number of nitrogens with zero attached hydrogens (tertiary/aromatic N) is 5. The molecule has 9 heteroatoms. The molecule has 4 heterocycles. The Balaban J connectivity index is 1.67. The maximum atomic E-state index is 5.55. The highest BCUT2D eigenvalue weighted by atomic mass is 79.9.